The average molecular weight is 376 g/mol. The highest BCUT2D eigenvalue weighted by Gasteiger charge is 2.39. The first-order valence-corrected chi connectivity index (χ1v) is 8.58. The second-order valence-corrected chi connectivity index (χ2v) is 8.03. The van der Waals surface area contributed by atoms with Crippen molar-refractivity contribution in [3.8, 4) is 0 Å². The highest BCUT2D eigenvalue weighted by atomic mass is 35.5. The van der Waals surface area contributed by atoms with Crippen molar-refractivity contribution < 1.29 is 19.7 Å². The van der Waals surface area contributed by atoms with E-state index in [1.807, 2.05) is 20.8 Å². The van der Waals surface area contributed by atoms with Crippen LogP contribution < -0.4 is 0 Å². The summed E-state index contributed by atoms with van der Waals surface area (Å²) in [5.41, 5.74) is 0.525. The minimum atomic E-state index is -1.01. The van der Waals surface area contributed by atoms with Gasteiger partial charge in [-0.1, -0.05) is 50.0 Å². The molecule has 1 aromatic carbocycles. The molecule has 0 aliphatic carbocycles. The Morgan fingerprint density at radius 3 is 2.46 bits per heavy atom. The van der Waals surface area contributed by atoms with Crippen LogP contribution in [0.25, 0.3) is 0 Å². The number of carboxylic acid groups (broad SMARTS) is 1. The molecule has 0 radical (unpaired) electrons. The number of amides is 1. The van der Waals surface area contributed by atoms with Crippen LogP contribution in [-0.2, 0) is 4.74 Å². The summed E-state index contributed by atoms with van der Waals surface area (Å²) >= 11 is 12.1. The van der Waals surface area contributed by atoms with E-state index in [0.717, 1.165) is 5.56 Å². The molecule has 2 rings (SSSR count). The van der Waals surface area contributed by atoms with E-state index in [2.05, 4.69) is 0 Å². The predicted octanol–water partition coefficient (Wildman–Crippen LogP) is 4.07. The average Bonchev–Trinajstić information content (AvgIpc) is 2.69. The Morgan fingerprint density at radius 2 is 1.96 bits per heavy atom. The minimum absolute atomic E-state index is 0.189. The summed E-state index contributed by atoms with van der Waals surface area (Å²) in [4.78, 5) is 12.8. The van der Waals surface area contributed by atoms with E-state index in [1.54, 1.807) is 18.2 Å². The maximum atomic E-state index is 11.5. The second-order valence-electron chi connectivity index (χ2n) is 7.22. The first kappa shape index (κ1) is 19.3. The summed E-state index contributed by atoms with van der Waals surface area (Å²) < 4.78 is 6.27. The highest BCUT2D eigenvalue weighted by Crippen LogP contribution is 2.38. The largest absolute Gasteiger partial charge is 0.465 e. The van der Waals surface area contributed by atoms with E-state index in [4.69, 9.17) is 27.9 Å². The van der Waals surface area contributed by atoms with Crippen LogP contribution in [0.5, 0.6) is 0 Å². The lowest BCUT2D eigenvalue weighted by molar-refractivity contribution is -0.0827. The Labute approximate surface area is 152 Å². The van der Waals surface area contributed by atoms with Gasteiger partial charge >= 0.3 is 6.09 Å². The van der Waals surface area contributed by atoms with Gasteiger partial charge in [0.2, 0.25) is 0 Å². The number of benzene rings is 1. The first-order chi connectivity index (χ1) is 11.1. The van der Waals surface area contributed by atoms with Gasteiger partial charge in [0.1, 0.15) is 0 Å². The van der Waals surface area contributed by atoms with Gasteiger partial charge in [-0.3, -0.25) is 0 Å². The summed E-state index contributed by atoms with van der Waals surface area (Å²) in [6.07, 6.45) is -1.79. The summed E-state index contributed by atoms with van der Waals surface area (Å²) in [6, 6.07) is 5.20. The van der Waals surface area contributed by atoms with Crippen molar-refractivity contribution in [1.82, 2.24) is 4.90 Å². The molecule has 7 heteroatoms. The quantitative estimate of drug-likeness (QED) is 0.817. The maximum absolute atomic E-state index is 11.5. The van der Waals surface area contributed by atoms with Crippen molar-refractivity contribution in [2.24, 2.45) is 11.3 Å². The molecule has 134 valence electrons. The zero-order valence-electron chi connectivity index (χ0n) is 14.0. The summed E-state index contributed by atoms with van der Waals surface area (Å²) in [5.74, 6) is -0.384. The minimum Gasteiger partial charge on any atom is -0.465 e. The number of carbonyl (C=O) groups is 1. The van der Waals surface area contributed by atoms with E-state index >= 15 is 0 Å². The fraction of sp³-hybridized carbons (Fsp3) is 0.588. The van der Waals surface area contributed by atoms with Gasteiger partial charge in [-0.25, -0.2) is 4.79 Å². The van der Waals surface area contributed by atoms with Gasteiger partial charge in [0.05, 0.1) is 35.4 Å². The van der Waals surface area contributed by atoms with Gasteiger partial charge in [-0.05, 0) is 23.1 Å². The molecule has 2 N–H and O–H groups in total. The Bertz CT molecular complexity index is 603. The number of aliphatic hydroxyl groups is 1. The van der Waals surface area contributed by atoms with Gasteiger partial charge < -0.3 is 19.8 Å². The first-order valence-electron chi connectivity index (χ1n) is 7.82. The molecule has 0 spiro atoms. The Hall–Kier alpha value is -1.01. The molecule has 0 saturated carbocycles. The molecule has 0 bridgehead atoms. The van der Waals surface area contributed by atoms with Crippen LogP contribution >= 0.6 is 23.2 Å². The third kappa shape index (κ3) is 4.33. The fourth-order valence-corrected chi connectivity index (χ4v) is 3.12. The van der Waals surface area contributed by atoms with Crippen LogP contribution in [0.15, 0.2) is 18.2 Å². The lowest BCUT2D eigenvalue weighted by atomic mass is 9.88. The smallest absolute Gasteiger partial charge is 0.407 e. The number of hydrogen-bond acceptors (Lipinski definition) is 3. The SMILES string of the molecule is CC(C)(C)C1CN(C(=O)O)C[C@@H](CO)[C@H](c2ccc(Cl)c(Cl)c2)O1. The van der Waals surface area contributed by atoms with Crippen LogP contribution in [0.1, 0.15) is 32.4 Å². The highest BCUT2D eigenvalue weighted by molar-refractivity contribution is 6.42. The van der Waals surface area contributed by atoms with Crippen molar-refractivity contribution in [1.29, 1.82) is 0 Å². The lowest BCUT2D eigenvalue weighted by Crippen LogP contribution is -2.42. The molecule has 1 aliphatic heterocycles. The third-order valence-corrected chi connectivity index (χ3v) is 5.06. The topological polar surface area (TPSA) is 70.0 Å². The van der Waals surface area contributed by atoms with E-state index in [0.29, 0.717) is 10.0 Å². The van der Waals surface area contributed by atoms with Gasteiger partial charge in [-0.2, -0.15) is 0 Å². The molecule has 0 aromatic heterocycles. The number of nitrogens with zero attached hydrogens (tertiary/aromatic N) is 1. The van der Waals surface area contributed by atoms with E-state index < -0.39 is 12.2 Å². The van der Waals surface area contributed by atoms with Crippen molar-refractivity contribution in [2.75, 3.05) is 19.7 Å². The second kappa shape index (κ2) is 7.48. The van der Waals surface area contributed by atoms with Crippen molar-refractivity contribution in [2.45, 2.75) is 33.0 Å². The van der Waals surface area contributed by atoms with E-state index in [9.17, 15) is 15.0 Å². The monoisotopic (exact) mass is 375 g/mol. The van der Waals surface area contributed by atoms with Crippen LogP contribution in [-0.4, -0.2) is 47.0 Å². The summed E-state index contributed by atoms with van der Waals surface area (Å²) in [6.45, 7) is 6.27. The lowest BCUT2D eigenvalue weighted by Gasteiger charge is -2.34. The predicted molar refractivity (Wildman–Crippen MR) is 93.7 cm³/mol. The zero-order chi connectivity index (χ0) is 18.1. The molecule has 1 fully saturated rings. The molecule has 3 atom stereocenters. The third-order valence-electron chi connectivity index (χ3n) is 4.32. The number of hydrogen-bond donors (Lipinski definition) is 2. The van der Waals surface area contributed by atoms with Crippen molar-refractivity contribution >= 4 is 29.3 Å². The molecule has 1 unspecified atom stereocenters. The molecule has 1 amide bonds. The fourth-order valence-electron chi connectivity index (χ4n) is 2.81. The van der Waals surface area contributed by atoms with Gasteiger partial charge in [-0.15, -0.1) is 0 Å². The van der Waals surface area contributed by atoms with Gasteiger partial charge in [0.15, 0.2) is 0 Å². The van der Waals surface area contributed by atoms with Gasteiger partial charge in [0, 0.05) is 12.5 Å². The van der Waals surface area contributed by atoms with E-state index in [1.165, 1.54) is 4.90 Å². The van der Waals surface area contributed by atoms with Crippen molar-refractivity contribution in [3.05, 3.63) is 33.8 Å². The van der Waals surface area contributed by atoms with Crippen LogP contribution in [0.3, 0.4) is 0 Å². The number of ether oxygens (including phenoxy) is 1. The molecule has 1 aliphatic rings. The van der Waals surface area contributed by atoms with E-state index in [-0.39, 0.29) is 37.1 Å². The summed E-state index contributed by atoms with van der Waals surface area (Å²) in [5, 5.41) is 20.1. The molecule has 1 saturated heterocycles. The van der Waals surface area contributed by atoms with Gasteiger partial charge in [0.25, 0.3) is 0 Å². The van der Waals surface area contributed by atoms with Crippen LogP contribution in [0.2, 0.25) is 10.0 Å². The number of aliphatic hydroxyl groups excluding tert-OH is 1. The standard InChI is InChI=1S/C17H23Cl2NO4/c1-17(2,3)14-8-20(16(22)23)7-11(9-21)15(24-14)10-4-5-12(18)13(19)6-10/h4-6,11,14-15,21H,7-9H2,1-3H3,(H,22,23)/t11-,14?,15-/m0/s1. The normalized spacial score (nSPS) is 25.4. The Morgan fingerprint density at radius 1 is 1.29 bits per heavy atom. The number of rotatable bonds is 2. The molecular formula is C17H23Cl2NO4. The maximum Gasteiger partial charge on any atom is 0.407 e. The molecular weight excluding hydrogens is 353 g/mol. The Balaban J connectivity index is 2.42. The molecule has 5 nitrogen and oxygen atoms in total. The van der Waals surface area contributed by atoms with Crippen LogP contribution in [0.4, 0.5) is 4.79 Å². The zero-order valence-corrected chi connectivity index (χ0v) is 15.5. The van der Waals surface area contributed by atoms with Crippen LogP contribution in [0, 0.1) is 11.3 Å². The van der Waals surface area contributed by atoms with Crippen molar-refractivity contribution in [3.63, 3.8) is 0 Å². The molecule has 1 heterocycles. The number of halogens is 2. The molecule has 24 heavy (non-hydrogen) atoms. The molecule has 1 aromatic rings. The Kier molecular flexibility index (Phi) is 6.02. The summed E-state index contributed by atoms with van der Waals surface area (Å²) in [7, 11) is 0.